The summed E-state index contributed by atoms with van der Waals surface area (Å²) < 4.78 is 26.4. The maximum Gasteiger partial charge on any atom is 0.163 e. The standard InChI is InChI=1S/C21H22BrFN4O2/c1-28-19-11-15-18(12-20(19)29-9-8-27-6-2-3-7-27)24-13-25-21(15)26-17-5-4-14(22)10-16(17)23/h4-5,10-13H,2-3,6-9H2,1H3,(H,24,25,26). The number of aromatic nitrogens is 2. The van der Waals surface area contributed by atoms with Crippen molar-refractivity contribution >= 4 is 38.3 Å². The highest BCUT2D eigenvalue weighted by Gasteiger charge is 2.15. The Morgan fingerprint density at radius 2 is 1.97 bits per heavy atom. The molecule has 1 aliphatic heterocycles. The summed E-state index contributed by atoms with van der Waals surface area (Å²) in [6, 6.07) is 8.48. The van der Waals surface area contributed by atoms with E-state index in [2.05, 4.69) is 36.1 Å². The average Bonchev–Trinajstić information content (AvgIpc) is 3.23. The van der Waals surface area contributed by atoms with Gasteiger partial charge in [0.25, 0.3) is 0 Å². The van der Waals surface area contributed by atoms with Crippen molar-refractivity contribution in [3.05, 3.63) is 46.9 Å². The smallest absolute Gasteiger partial charge is 0.163 e. The van der Waals surface area contributed by atoms with Gasteiger partial charge in [-0.25, -0.2) is 14.4 Å². The molecule has 0 spiro atoms. The minimum absolute atomic E-state index is 0.332. The molecule has 0 bridgehead atoms. The lowest BCUT2D eigenvalue weighted by atomic mass is 10.2. The van der Waals surface area contributed by atoms with Crippen LogP contribution in [0, 0.1) is 5.82 Å². The van der Waals surface area contributed by atoms with Gasteiger partial charge in [0.1, 0.15) is 24.6 Å². The van der Waals surface area contributed by atoms with E-state index < -0.39 is 0 Å². The average molecular weight is 461 g/mol. The van der Waals surface area contributed by atoms with Crippen LogP contribution in [0.4, 0.5) is 15.9 Å². The second-order valence-corrected chi connectivity index (χ2v) is 7.80. The van der Waals surface area contributed by atoms with Gasteiger partial charge >= 0.3 is 0 Å². The number of fused-ring (bicyclic) bond motifs is 1. The predicted molar refractivity (Wildman–Crippen MR) is 115 cm³/mol. The van der Waals surface area contributed by atoms with Gasteiger partial charge in [-0.1, -0.05) is 15.9 Å². The lowest BCUT2D eigenvalue weighted by Crippen LogP contribution is -2.25. The van der Waals surface area contributed by atoms with Crippen molar-refractivity contribution in [2.75, 3.05) is 38.7 Å². The van der Waals surface area contributed by atoms with Crippen LogP contribution >= 0.6 is 15.9 Å². The SMILES string of the molecule is COc1cc2c(Nc3ccc(Br)cc3F)ncnc2cc1OCCN1CCCC1. The molecule has 1 N–H and O–H groups in total. The summed E-state index contributed by atoms with van der Waals surface area (Å²) in [6.07, 6.45) is 3.96. The Balaban J connectivity index is 1.58. The van der Waals surface area contributed by atoms with Gasteiger partial charge in [-0.3, -0.25) is 4.90 Å². The molecule has 6 nitrogen and oxygen atoms in total. The molecule has 3 aromatic rings. The van der Waals surface area contributed by atoms with E-state index in [4.69, 9.17) is 9.47 Å². The molecule has 0 amide bonds. The number of nitrogens with one attached hydrogen (secondary N) is 1. The molecule has 152 valence electrons. The molecule has 1 aliphatic rings. The zero-order chi connectivity index (χ0) is 20.2. The Kier molecular flexibility index (Phi) is 6.10. The van der Waals surface area contributed by atoms with Crippen molar-refractivity contribution in [1.82, 2.24) is 14.9 Å². The fraction of sp³-hybridized carbons (Fsp3) is 0.333. The molecule has 29 heavy (non-hydrogen) atoms. The van der Waals surface area contributed by atoms with E-state index in [0.29, 0.717) is 39.6 Å². The van der Waals surface area contributed by atoms with Crippen LogP contribution in [-0.2, 0) is 0 Å². The van der Waals surface area contributed by atoms with Crippen molar-refractivity contribution in [1.29, 1.82) is 0 Å². The van der Waals surface area contributed by atoms with E-state index in [-0.39, 0.29) is 5.82 Å². The number of nitrogens with zero attached hydrogens (tertiary/aromatic N) is 3. The van der Waals surface area contributed by atoms with Crippen LogP contribution in [0.15, 0.2) is 41.1 Å². The Hall–Kier alpha value is -2.45. The summed E-state index contributed by atoms with van der Waals surface area (Å²) in [4.78, 5) is 11.0. The summed E-state index contributed by atoms with van der Waals surface area (Å²) in [5.74, 6) is 1.35. The molecular formula is C21H22BrFN4O2. The topological polar surface area (TPSA) is 59.5 Å². The van der Waals surface area contributed by atoms with E-state index in [1.807, 2.05) is 12.1 Å². The highest BCUT2D eigenvalue weighted by atomic mass is 79.9. The zero-order valence-electron chi connectivity index (χ0n) is 16.1. The number of hydrogen-bond acceptors (Lipinski definition) is 6. The van der Waals surface area contributed by atoms with E-state index in [1.165, 1.54) is 25.2 Å². The summed E-state index contributed by atoms with van der Waals surface area (Å²) in [5, 5.41) is 3.76. The van der Waals surface area contributed by atoms with E-state index in [1.54, 1.807) is 19.2 Å². The minimum Gasteiger partial charge on any atom is -0.493 e. The van der Waals surface area contributed by atoms with Gasteiger partial charge in [-0.15, -0.1) is 0 Å². The lowest BCUT2D eigenvalue weighted by molar-refractivity contribution is 0.230. The fourth-order valence-corrected chi connectivity index (χ4v) is 3.78. The van der Waals surface area contributed by atoms with E-state index in [9.17, 15) is 4.39 Å². The highest BCUT2D eigenvalue weighted by Crippen LogP contribution is 2.35. The number of benzene rings is 2. The Bertz CT molecular complexity index is 1010. The first kappa shape index (κ1) is 19.8. The number of likely N-dealkylation sites (tertiary alicyclic amines) is 1. The molecule has 4 rings (SSSR count). The third-order valence-corrected chi connectivity index (χ3v) is 5.46. The molecule has 0 saturated carbocycles. The van der Waals surface area contributed by atoms with Crippen LogP contribution in [0.2, 0.25) is 0 Å². The number of rotatable bonds is 7. The number of anilines is 2. The molecule has 0 atom stereocenters. The van der Waals surface area contributed by atoms with Crippen LogP contribution < -0.4 is 14.8 Å². The number of hydrogen-bond donors (Lipinski definition) is 1. The number of ether oxygens (including phenoxy) is 2. The largest absolute Gasteiger partial charge is 0.493 e. The summed E-state index contributed by atoms with van der Waals surface area (Å²) in [7, 11) is 1.60. The molecule has 8 heteroatoms. The lowest BCUT2D eigenvalue weighted by Gasteiger charge is -2.17. The molecule has 1 fully saturated rings. The van der Waals surface area contributed by atoms with Gasteiger partial charge in [0.05, 0.1) is 18.3 Å². The first-order chi connectivity index (χ1) is 14.1. The van der Waals surface area contributed by atoms with Gasteiger partial charge in [-0.2, -0.15) is 0 Å². The van der Waals surface area contributed by atoms with Crippen molar-refractivity contribution in [2.24, 2.45) is 0 Å². The van der Waals surface area contributed by atoms with Crippen LogP contribution in [0.5, 0.6) is 11.5 Å². The number of halogens is 2. The Morgan fingerprint density at radius 1 is 1.14 bits per heavy atom. The molecule has 0 aliphatic carbocycles. The van der Waals surface area contributed by atoms with Gasteiger partial charge in [0, 0.05) is 22.5 Å². The van der Waals surface area contributed by atoms with Gasteiger partial charge < -0.3 is 14.8 Å². The quantitative estimate of drug-likeness (QED) is 0.548. The summed E-state index contributed by atoms with van der Waals surface area (Å²) >= 11 is 3.26. The first-order valence-corrected chi connectivity index (χ1v) is 10.3. The van der Waals surface area contributed by atoms with Gasteiger partial charge in [0.15, 0.2) is 11.5 Å². The number of methoxy groups -OCH3 is 1. The molecule has 2 aromatic carbocycles. The Morgan fingerprint density at radius 3 is 2.72 bits per heavy atom. The highest BCUT2D eigenvalue weighted by molar-refractivity contribution is 9.10. The van der Waals surface area contributed by atoms with Gasteiger partial charge in [-0.05, 0) is 50.2 Å². The van der Waals surface area contributed by atoms with Crippen LogP contribution in [0.3, 0.4) is 0 Å². The minimum atomic E-state index is -0.375. The predicted octanol–water partition coefficient (Wildman–Crippen LogP) is 4.76. The maximum atomic E-state index is 14.2. The molecule has 2 heterocycles. The zero-order valence-corrected chi connectivity index (χ0v) is 17.7. The second kappa shape index (κ2) is 8.92. The van der Waals surface area contributed by atoms with E-state index in [0.717, 1.165) is 25.0 Å². The molecule has 0 unspecified atom stereocenters. The maximum absolute atomic E-state index is 14.2. The van der Waals surface area contributed by atoms with Crippen LogP contribution in [0.1, 0.15) is 12.8 Å². The monoisotopic (exact) mass is 460 g/mol. The fourth-order valence-electron chi connectivity index (χ4n) is 3.45. The van der Waals surface area contributed by atoms with Crippen LogP contribution in [-0.4, -0.2) is 48.2 Å². The van der Waals surface area contributed by atoms with Crippen molar-refractivity contribution in [2.45, 2.75) is 12.8 Å². The molecule has 1 saturated heterocycles. The Labute approximate surface area is 177 Å². The normalized spacial score (nSPS) is 14.3. The molecule has 1 aromatic heterocycles. The van der Waals surface area contributed by atoms with Crippen molar-refractivity contribution < 1.29 is 13.9 Å². The van der Waals surface area contributed by atoms with Crippen LogP contribution in [0.25, 0.3) is 10.9 Å². The third-order valence-electron chi connectivity index (χ3n) is 4.97. The molecular weight excluding hydrogens is 439 g/mol. The molecule has 0 radical (unpaired) electrons. The second-order valence-electron chi connectivity index (χ2n) is 6.89. The van der Waals surface area contributed by atoms with Gasteiger partial charge in [0.2, 0.25) is 0 Å². The van der Waals surface area contributed by atoms with E-state index >= 15 is 0 Å². The van der Waals surface area contributed by atoms with Crippen molar-refractivity contribution in [3.63, 3.8) is 0 Å². The third kappa shape index (κ3) is 4.59. The van der Waals surface area contributed by atoms with Crippen molar-refractivity contribution in [3.8, 4) is 11.5 Å². The summed E-state index contributed by atoms with van der Waals surface area (Å²) in [5.41, 5.74) is 1.02. The first-order valence-electron chi connectivity index (χ1n) is 9.54. The summed E-state index contributed by atoms with van der Waals surface area (Å²) in [6.45, 7) is 3.74.